The molecule has 0 radical (unpaired) electrons. The van der Waals surface area contributed by atoms with Crippen LogP contribution in [0.1, 0.15) is 10.4 Å². The Morgan fingerprint density at radius 2 is 1.69 bits per heavy atom. The number of nitrogen functional groups attached to an aromatic ring is 1. The van der Waals surface area contributed by atoms with E-state index in [1.54, 1.807) is 0 Å². The van der Waals surface area contributed by atoms with Gasteiger partial charge in [-0.2, -0.15) is 0 Å². The van der Waals surface area contributed by atoms with Crippen molar-refractivity contribution in [2.75, 3.05) is 5.73 Å². The predicted octanol–water partition coefficient (Wildman–Crippen LogP) is 2.70. The summed E-state index contributed by atoms with van der Waals surface area (Å²) in [7, 11) is 0. The van der Waals surface area contributed by atoms with Crippen molar-refractivity contribution in [3.63, 3.8) is 0 Å². The normalized spacial score (nSPS) is 9.08. The third-order valence-electron chi connectivity index (χ3n) is 1.33. The summed E-state index contributed by atoms with van der Waals surface area (Å²) in [5.41, 5.74) is 5.62. The van der Waals surface area contributed by atoms with Crippen molar-refractivity contribution in [3.8, 4) is 0 Å². The van der Waals surface area contributed by atoms with E-state index < -0.39 is 5.97 Å². The number of benzene rings is 1. The molecule has 0 saturated heterocycles. The van der Waals surface area contributed by atoms with Gasteiger partial charge in [0.25, 0.3) is 0 Å². The number of carbonyl (C=O) groups is 1. The van der Waals surface area contributed by atoms with Gasteiger partial charge in [-0.25, -0.2) is 4.79 Å². The maximum absolute atomic E-state index is 10.5. The molecule has 0 bridgehead atoms. The molecule has 72 valence electrons. The molecule has 0 aliphatic rings. The van der Waals surface area contributed by atoms with Gasteiger partial charge in [0.05, 0.1) is 21.3 Å². The fourth-order valence-electron chi connectivity index (χ4n) is 0.708. The lowest BCUT2D eigenvalue weighted by molar-refractivity contribution is 0.0697. The molecular weight excluding hydrogens is 236 g/mol. The Morgan fingerprint density at radius 1 is 1.31 bits per heavy atom. The summed E-state index contributed by atoms with van der Waals surface area (Å²) in [6.45, 7) is 0. The lowest BCUT2D eigenvalue weighted by Gasteiger charge is -2.01. The fourth-order valence-corrected chi connectivity index (χ4v) is 1.19. The van der Waals surface area contributed by atoms with Crippen LogP contribution in [0.2, 0.25) is 10.0 Å². The van der Waals surface area contributed by atoms with Crippen LogP contribution in [-0.4, -0.2) is 11.1 Å². The molecular formula is C7H6Cl3NO2. The van der Waals surface area contributed by atoms with Crippen LogP contribution in [0.15, 0.2) is 12.1 Å². The van der Waals surface area contributed by atoms with Crippen molar-refractivity contribution in [2.45, 2.75) is 0 Å². The summed E-state index contributed by atoms with van der Waals surface area (Å²) in [6.07, 6.45) is 0. The molecule has 3 nitrogen and oxygen atoms in total. The van der Waals surface area contributed by atoms with Gasteiger partial charge in [0.15, 0.2) is 0 Å². The van der Waals surface area contributed by atoms with Gasteiger partial charge in [0.2, 0.25) is 0 Å². The van der Waals surface area contributed by atoms with Gasteiger partial charge >= 0.3 is 5.97 Å². The molecule has 6 heteroatoms. The zero-order chi connectivity index (χ0) is 9.30. The van der Waals surface area contributed by atoms with Crippen molar-refractivity contribution in [1.82, 2.24) is 0 Å². The summed E-state index contributed by atoms with van der Waals surface area (Å²) >= 11 is 11.2. The van der Waals surface area contributed by atoms with E-state index in [1.165, 1.54) is 12.1 Å². The highest BCUT2D eigenvalue weighted by atomic mass is 35.5. The smallest absolute Gasteiger partial charge is 0.335 e. The van der Waals surface area contributed by atoms with Gasteiger partial charge in [0, 0.05) is 0 Å². The van der Waals surface area contributed by atoms with Crippen molar-refractivity contribution < 1.29 is 9.90 Å². The minimum atomic E-state index is -1.08. The average Bonchev–Trinajstić information content (AvgIpc) is 1.99. The van der Waals surface area contributed by atoms with Crippen LogP contribution in [0.4, 0.5) is 5.69 Å². The van der Waals surface area contributed by atoms with E-state index in [0.29, 0.717) is 0 Å². The summed E-state index contributed by atoms with van der Waals surface area (Å²) in [5, 5.41) is 8.87. The predicted molar refractivity (Wildman–Crippen MR) is 55.1 cm³/mol. The van der Waals surface area contributed by atoms with Gasteiger partial charge in [0.1, 0.15) is 0 Å². The first-order valence-corrected chi connectivity index (χ1v) is 3.76. The first-order chi connectivity index (χ1) is 5.52. The van der Waals surface area contributed by atoms with Crippen molar-refractivity contribution in [2.24, 2.45) is 0 Å². The Hall–Kier alpha value is -0.640. The van der Waals surface area contributed by atoms with E-state index in [-0.39, 0.29) is 33.7 Å². The molecule has 1 rings (SSSR count). The molecule has 0 aliphatic heterocycles. The molecule has 0 fully saturated rings. The molecule has 0 aromatic heterocycles. The minimum Gasteiger partial charge on any atom is -0.478 e. The second kappa shape index (κ2) is 4.56. The van der Waals surface area contributed by atoms with E-state index >= 15 is 0 Å². The molecule has 0 spiro atoms. The van der Waals surface area contributed by atoms with Crippen molar-refractivity contribution in [1.29, 1.82) is 0 Å². The molecule has 13 heavy (non-hydrogen) atoms. The molecule has 1 aromatic carbocycles. The van der Waals surface area contributed by atoms with Gasteiger partial charge in [-0.3, -0.25) is 0 Å². The lowest BCUT2D eigenvalue weighted by atomic mass is 10.2. The summed E-state index contributed by atoms with van der Waals surface area (Å²) < 4.78 is 0. The lowest BCUT2D eigenvalue weighted by Crippen LogP contribution is -1.98. The van der Waals surface area contributed by atoms with E-state index in [4.69, 9.17) is 34.0 Å². The Balaban J connectivity index is 0.00000144. The monoisotopic (exact) mass is 241 g/mol. The van der Waals surface area contributed by atoms with E-state index in [2.05, 4.69) is 0 Å². The summed E-state index contributed by atoms with van der Waals surface area (Å²) in [6, 6.07) is 2.51. The standard InChI is InChI=1S/C7H5Cl2NO2.ClH/c8-4-1-3(7(11)12)2-5(9)6(4)10;/h1-2H,10H2,(H,11,12);1H. The third-order valence-corrected chi connectivity index (χ3v) is 1.95. The van der Waals surface area contributed by atoms with Gasteiger partial charge in [-0.15, -0.1) is 12.4 Å². The van der Waals surface area contributed by atoms with Crippen molar-refractivity contribution in [3.05, 3.63) is 27.7 Å². The van der Waals surface area contributed by atoms with Gasteiger partial charge in [-0.1, -0.05) is 23.2 Å². The molecule has 0 unspecified atom stereocenters. The largest absolute Gasteiger partial charge is 0.478 e. The molecule has 0 aliphatic carbocycles. The Morgan fingerprint density at radius 3 is 2.00 bits per heavy atom. The van der Waals surface area contributed by atoms with Crippen LogP contribution in [0.25, 0.3) is 0 Å². The van der Waals surface area contributed by atoms with Crippen LogP contribution in [-0.2, 0) is 0 Å². The topological polar surface area (TPSA) is 63.3 Å². The average molecular weight is 242 g/mol. The highest BCUT2D eigenvalue weighted by molar-refractivity contribution is 6.39. The number of carboxylic acid groups (broad SMARTS) is 1. The third kappa shape index (κ3) is 2.66. The minimum absolute atomic E-state index is 0. The van der Waals surface area contributed by atoms with Crippen molar-refractivity contribution >= 4 is 47.3 Å². The Labute approximate surface area is 90.9 Å². The van der Waals surface area contributed by atoms with Crippen LogP contribution in [0.3, 0.4) is 0 Å². The number of carboxylic acids is 1. The second-order valence-corrected chi connectivity index (χ2v) is 2.97. The zero-order valence-electron chi connectivity index (χ0n) is 6.25. The number of halogens is 3. The molecule has 0 heterocycles. The SMILES string of the molecule is Cl.Nc1c(Cl)cc(C(=O)O)cc1Cl. The van der Waals surface area contributed by atoms with Crippen LogP contribution in [0, 0.1) is 0 Å². The van der Waals surface area contributed by atoms with E-state index in [0.717, 1.165) is 0 Å². The Bertz CT molecular complexity index is 318. The number of anilines is 1. The van der Waals surface area contributed by atoms with Gasteiger partial charge < -0.3 is 10.8 Å². The highest BCUT2D eigenvalue weighted by Gasteiger charge is 2.08. The van der Waals surface area contributed by atoms with E-state index in [1.807, 2.05) is 0 Å². The maximum Gasteiger partial charge on any atom is 0.335 e. The molecule has 0 amide bonds. The number of hydrogen-bond acceptors (Lipinski definition) is 2. The first-order valence-electron chi connectivity index (χ1n) is 3.00. The number of nitrogens with two attached hydrogens (primary N) is 1. The Kier molecular flexibility index (Phi) is 4.33. The highest BCUT2D eigenvalue weighted by Crippen LogP contribution is 2.28. The van der Waals surface area contributed by atoms with E-state index in [9.17, 15) is 4.79 Å². The second-order valence-electron chi connectivity index (χ2n) is 2.16. The van der Waals surface area contributed by atoms with Crippen LogP contribution < -0.4 is 5.73 Å². The zero-order valence-corrected chi connectivity index (χ0v) is 8.58. The fraction of sp³-hybridized carbons (Fsp3) is 0. The van der Waals surface area contributed by atoms with Crippen LogP contribution in [0.5, 0.6) is 0 Å². The summed E-state index contributed by atoms with van der Waals surface area (Å²) in [5.74, 6) is -1.08. The molecule has 0 atom stereocenters. The summed E-state index contributed by atoms with van der Waals surface area (Å²) in [4.78, 5) is 10.5. The molecule has 0 saturated carbocycles. The van der Waals surface area contributed by atoms with Gasteiger partial charge in [-0.05, 0) is 12.1 Å². The number of aromatic carboxylic acids is 1. The number of rotatable bonds is 1. The maximum atomic E-state index is 10.5. The quantitative estimate of drug-likeness (QED) is 0.744. The number of hydrogen-bond donors (Lipinski definition) is 2. The molecule has 3 N–H and O–H groups in total. The van der Waals surface area contributed by atoms with Crippen LogP contribution >= 0.6 is 35.6 Å². The molecule has 1 aromatic rings. The first kappa shape index (κ1) is 12.4.